The molecule has 3 aromatic carbocycles. The van der Waals surface area contributed by atoms with Crippen LogP contribution in [0, 0.1) is 0 Å². The topological polar surface area (TPSA) is 45.3 Å². The van der Waals surface area contributed by atoms with Crippen LogP contribution in [0.25, 0.3) is 10.9 Å². The number of carbonyl (C=O) groups is 1. The minimum atomic E-state index is -0.0819. The Balaban J connectivity index is 1.37. The van der Waals surface area contributed by atoms with Crippen molar-refractivity contribution in [3.8, 4) is 5.75 Å². The molecule has 6 rings (SSSR count). The summed E-state index contributed by atoms with van der Waals surface area (Å²) >= 11 is 0. The van der Waals surface area contributed by atoms with E-state index in [4.69, 9.17) is 4.74 Å². The number of nitrogens with zero attached hydrogens (tertiary/aromatic N) is 1. The molecular formula is C29H28N2O2. The lowest BCUT2D eigenvalue weighted by atomic mass is 9.87. The lowest BCUT2D eigenvalue weighted by Crippen LogP contribution is -2.33. The van der Waals surface area contributed by atoms with E-state index in [2.05, 4.69) is 53.2 Å². The lowest BCUT2D eigenvalue weighted by Gasteiger charge is -2.25. The Labute approximate surface area is 194 Å². The number of aromatic amines is 1. The number of likely N-dealkylation sites (tertiary alicyclic amines) is 1. The van der Waals surface area contributed by atoms with Gasteiger partial charge >= 0.3 is 0 Å². The zero-order valence-corrected chi connectivity index (χ0v) is 18.9. The molecule has 1 N–H and O–H groups in total. The monoisotopic (exact) mass is 436 g/mol. The van der Waals surface area contributed by atoms with Gasteiger partial charge in [0.05, 0.1) is 11.4 Å². The quantitative estimate of drug-likeness (QED) is 0.418. The third-order valence-electron chi connectivity index (χ3n) is 7.27. The first kappa shape index (κ1) is 20.1. The number of fused-ring (bicyclic) bond motifs is 6. The highest BCUT2D eigenvalue weighted by atomic mass is 16.5. The second-order valence-electron chi connectivity index (χ2n) is 9.22. The molecule has 2 atom stereocenters. The number of hydrogen-bond acceptors (Lipinski definition) is 2. The van der Waals surface area contributed by atoms with Gasteiger partial charge in [-0.3, -0.25) is 4.79 Å². The fraction of sp³-hybridized carbons (Fsp3) is 0.276. The first-order chi connectivity index (χ1) is 16.2. The maximum atomic E-state index is 13.5. The van der Waals surface area contributed by atoms with Gasteiger partial charge in [0.25, 0.3) is 0 Å². The number of nitrogens with one attached hydrogen (secondary N) is 1. The fourth-order valence-electron chi connectivity index (χ4n) is 5.61. The van der Waals surface area contributed by atoms with Gasteiger partial charge in [-0.15, -0.1) is 0 Å². The Kier molecular flexibility index (Phi) is 4.94. The highest BCUT2D eigenvalue weighted by molar-refractivity contribution is 5.97. The van der Waals surface area contributed by atoms with Crippen molar-refractivity contribution in [3.05, 3.63) is 101 Å². The molecule has 2 unspecified atom stereocenters. The summed E-state index contributed by atoms with van der Waals surface area (Å²) in [5.41, 5.74) is 7.13. The van der Waals surface area contributed by atoms with E-state index in [1.807, 2.05) is 36.4 Å². The van der Waals surface area contributed by atoms with E-state index in [-0.39, 0.29) is 17.9 Å². The van der Waals surface area contributed by atoms with E-state index in [9.17, 15) is 4.79 Å². The van der Waals surface area contributed by atoms with Crippen LogP contribution in [0.4, 0.5) is 0 Å². The largest absolute Gasteiger partial charge is 0.488 e. The van der Waals surface area contributed by atoms with Crippen LogP contribution in [-0.2, 0) is 30.8 Å². The molecule has 0 saturated carbocycles. The molecule has 33 heavy (non-hydrogen) atoms. The molecule has 1 aromatic heterocycles. The zero-order chi connectivity index (χ0) is 22.4. The van der Waals surface area contributed by atoms with E-state index in [1.54, 1.807) is 0 Å². The highest BCUT2D eigenvalue weighted by Gasteiger charge is 2.46. The number of H-pyrrole nitrogens is 1. The molecule has 2 heterocycles. The van der Waals surface area contributed by atoms with E-state index in [0.29, 0.717) is 13.2 Å². The molecule has 1 aliphatic heterocycles. The number of aromatic nitrogens is 1. The van der Waals surface area contributed by atoms with E-state index >= 15 is 0 Å². The molecule has 4 heteroatoms. The molecule has 1 saturated heterocycles. The van der Waals surface area contributed by atoms with Crippen molar-refractivity contribution in [2.75, 3.05) is 0 Å². The molecule has 0 spiro atoms. The third kappa shape index (κ3) is 3.41. The van der Waals surface area contributed by atoms with Crippen LogP contribution in [0.1, 0.15) is 47.2 Å². The van der Waals surface area contributed by atoms with Crippen molar-refractivity contribution in [3.63, 3.8) is 0 Å². The number of carbonyl (C=O) groups excluding carboxylic acids is 1. The molecule has 1 aliphatic carbocycles. The summed E-state index contributed by atoms with van der Waals surface area (Å²) in [5.74, 6) is 1.08. The normalized spacial score (nSPS) is 19.2. The standard InChI is InChI=1S/C29H28N2O2/c1-2-21-13-14-25(33-18-20-11-7-4-8-12-20)26-23-15-22-16-24(28(23)30-27(21)26)29(32)31(22)17-19-9-5-3-6-10-19/h3-14,22,24,30H,2,15-18H2,1H3. The van der Waals surface area contributed by atoms with E-state index in [1.165, 1.54) is 22.1 Å². The molecule has 2 aliphatic rings. The van der Waals surface area contributed by atoms with Gasteiger partial charge in [-0.05, 0) is 47.6 Å². The smallest absolute Gasteiger partial charge is 0.232 e. The molecule has 4 nitrogen and oxygen atoms in total. The zero-order valence-electron chi connectivity index (χ0n) is 18.9. The van der Waals surface area contributed by atoms with Crippen LogP contribution in [0.2, 0.25) is 0 Å². The van der Waals surface area contributed by atoms with Gasteiger partial charge in [-0.25, -0.2) is 0 Å². The molecular weight excluding hydrogens is 408 g/mol. The van der Waals surface area contributed by atoms with Crippen molar-refractivity contribution in [1.29, 1.82) is 0 Å². The number of amides is 1. The van der Waals surface area contributed by atoms with E-state index in [0.717, 1.165) is 41.8 Å². The van der Waals surface area contributed by atoms with Gasteiger partial charge in [-0.1, -0.05) is 73.7 Å². The fourth-order valence-corrected chi connectivity index (χ4v) is 5.61. The third-order valence-corrected chi connectivity index (χ3v) is 7.27. The summed E-state index contributed by atoms with van der Waals surface area (Å²) in [5, 5.41) is 1.17. The molecule has 166 valence electrons. The van der Waals surface area contributed by atoms with Crippen LogP contribution >= 0.6 is 0 Å². The van der Waals surface area contributed by atoms with Crippen LogP contribution in [0.5, 0.6) is 5.75 Å². The van der Waals surface area contributed by atoms with Crippen LogP contribution in [0.3, 0.4) is 0 Å². The summed E-state index contributed by atoms with van der Waals surface area (Å²) in [6.07, 6.45) is 2.71. The van der Waals surface area contributed by atoms with Gasteiger partial charge in [0.15, 0.2) is 0 Å². The van der Waals surface area contributed by atoms with Crippen molar-refractivity contribution in [2.45, 2.75) is 51.3 Å². The summed E-state index contributed by atoms with van der Waals surface area (Å²) < 4.78 is 6.35. The maximum Gasteiger partial charge on any atom is 0.232 e. The second kappa shape index (κ2) is 8.11. The van der Waals surface area contributed by atoms with Crippen molar-refractivity contribution in [1.82, 2.24) is 9.88 Å². The Morgan fingerprint density at radius 3 is 2.42 bits per heavy atom. The number of ether oxygens (including phenoxy) is 1. The summed E-state index contributed by atoms with van der Waals surface area (Å²) in [4.78, 5) is 19.2. The SMILES string of the molecule is CCc1ccc(OCc2ccccc2)c2c3c([nH]c12)C1CC(C3)N(Cc2ccccc2)C1=O. The van der Waals surface area contributed by atoms with Gasteiger partial charge in [0.2, 0.25) is 5.91 Å². The highest BCUT2D eigenvalue weighted by Crippen LogP contribution is 2.47. The van der Waals surface area contributed by atoms with Gasteiger partial charge in [0, 0.05) is 23.7 Å². The van der Waals surface area contributed by atoms with Crippen molar-refractivity contribution in [2.24, 2.45) is 0 Å². The average molecular weight is 437 g/mol. The van der Waals surface area contributed by atoms with Gasteiger partial charge < -0.3 is 14.6 Å². The first-order valence-corrected chi connectivity index (χ1v) is 11.9. The van der Waals surface area contributed by atoms with Crippen LogP contribution in [0.15, 0.2) is 72.8 Å². The predicted octanol–water partition coefficient (Wildman–Crippen LogP) is 5.75. The maximum absolute atomic E-state index is 13.5. The Morgan fingerprint density at radius 1 is 0.970 bits per heavy atom. The summed E-state index contributed by atoms with van der Waals surface area (Å²) in [7, 11) is 0. The molecule has 1 amide bonds. The van der Waals surface area contributed by atoms with E-state index < -0.39 is 0 Å². The van der Waals surface area contributed by atoms with Gasteiger partial charge in [-0.2, -0.15) is 0 Å². The van der Waals surface area contributed by atoms with Crippen molar-refractivity contribution >= 4 is 16.8 Å². The minimum absolute atomic E-state index is 0.0819. The molecule has 1 fully saturated rings. The summed E-state index contributed by atoms with van der Waals surface area (Å²) in [6, 6.07) is 25.1. The minimum Gasteiger partial charge on any atom is -0.488 e. The number of benzene rings is 3. The second-order valence-corrected chi connectivity index (χ2v) is 9.22. The van der Waals surface area contributed by atoms with Crippen molar-refractivity contribution < 1.29 is 9.53 Å². The first-order valence-electron chi connectivity index (χ1n) is 11.9. The molecule has 4 aromatic rings. The van der Waals surface area contributed by atoms with Crippen LogP contribution in [-0.4, -0.2) is 21.8 Å². The molecule has 2 bridgehead atoms. The number of aryl methyl sites for hydroxylation is 1. The predicted molar refractivity (Wildman–Crippen MR) is 130 cm³/mol. The Bertz CT molecular complexity index is 1310. The average Bonchev–Trinajstić information content (AvgIpc) is 3.36. The van der Waals surface area contributed by atoms with Gasteiger partial charge in [0.1, 0.15) is 12.4 Å². The number of rotatable bonds is 6. The Morgan fingerprint density at radius 2 is 1.70 bits per heavy atom. The molecule has 0 radical (unpaired) electrons. The summed E-state index contributed by atoms with van der Waals surface area (Å²) in [6.45, 7) is 3.39. The number of hydrogen-bond donors (Lipinski definition) is 1. The lowest BCUT2D eigenvalue weighted by molar-refractivity contribution is -0.130. The Hall–Kier alpha value is -3.53. The van der Waals surface area contributed by atoms with Crippen LogP contribution < -0.4 is 4.74 Å².